The third-order valence-corrected chi connectivity index (χ3v) is 15.1. The number of aliphatic hydroxyl groups is 1. The molecule has 0 radical (unpaired) electrons. The van der Waals surface area contributed by atoms with Crippen molar-refractivity contribution in [3.8, 4) is 0 Å². The van der Waals surface area contributed by atoms with Crippen LogP contribution in [0.3, 0.4) is 0 Å². The lowest BCUT2D eigenvalue weighted by molar-refractivity contribution is -0.200. The molecule has 14 unspecified atom stereocenters. The Kier molecular flexibility index (Phi) is 12.2. The second-order valence-corrected chi connectivity index (χ2v) is 17.6. The van der Waals surface area contributed by atoms with E-state index in [0.29, 0.717) is 55.4 Å². The third kappa shape index (κ3) is 8.37. The van der Waals surface area contributed by atoms with Crippen LogP contribution in [0.15, 0.2) is 0 Å². The lowest BCUT2D eigenvalue weighted by Crippen LogP contribution is -2.50. The highest BCUT2D eigenvalue weighted by molar-refractivity contribution is 5.02. The number of fused-ring (bicyclic) bond motifs is 1. The molecule has 6 fully saturated rings. The predicted molar refractivity (Wildman–Crippen MR) is 178 cm³/mol. The van der Waals surface area contributed by atoms with Crippen molar-refractivity contribution in [2.45, 2.75) is 167 Å². The number of likely N-dealkylation sites (tertiary alicyclic amines) is 1. The van der Waals surface area contributed by atoms with Gasteiger partial charge in [0.05, 0.1) is 5.92 Å². The zero-order valence-electron chi connectivity index (χ0n) is 29.3. The fraction of sp³-hybridized carbons (Fsp3) is 1.00. The summed E-state index contributed by atoms with van der Waals surface area (Å²) in [6.07, 6.45) is 10.7. The van der Waals surface area contributed by atoms with Gasteiger partial charge in [-0.15, -0.1) is 0 Å². The molecule has 6 rings (SSSR count). The number of alkyl halides is 5. The predicted octanol–water partition coefficient (Wildman–Crippen LogP) is 10.1. The van der Waals surface area contributed by atoms with Crippen LogP contribution < -0.4 is 5.32 Å². The molecule has 1 aliphatic heterocycles. The van der Waals surface area contributed by atoms with Crippen molar-refractivity contribution in [3.05, 3.63) is 0 Å². The van der Waals surface area contributed by atoms with Gasteiger partial charge in [-0.25, -0.2) is 8.78 Å². The van der Waals surface area contributed by atoms with E-state index in [1.165, 1.54) is 45.2 Å². The molecule has 272 valence electrons. The van der Waals surface area contributed by atoms with Crippen LogP contribution in [-0.4, -0.2) is 54.0 Å². The molecular weight excluding hydrogens is 607 g/mol. The van der Waals surface area contributed by atoms with Gasteiger partial charge in [-0.05, 0) is 150 Å². The van der Waals surface area contributed by atoms with Crippen molar-refractivity contribution in [3.63, 3.8) is 0 Å². The minimum atomic E-state index is -4.23. The van der Waals surface area contributed by atoms with E-state index in [9.17, 15) is 27.1 Å². The van der Waals surface area contributed by atoms with Gasteiger partial charge in [0.1, 0.15) is 6.23 Å². The first-order valence-electron chi connectivity index (χ1n) is 20.0. The Morgan fingerprint density at radius 2 is 1.49 bits per heavy atom. The molecule has 3 nitrogen and oxygen atoms in total. The molecular formula is C39H65F5N2O. The molecule has 0 bridgehead atoms. The van der Waals surface area contributed by atoms with Crippen LogP contribution in [0.4, 0.5) is 22.0 Å². The maximum atomic E-state index is 14.6. The van der Waals surface area contributed by atoms with E-state index >= 15 is 0 Å². The molecule has 1 heterocycles. The molecule has 8 heteroatoms. The van der Waals surface area contributed by atoms with Crippen LogP contribution in [0.2, 0.25) is 0 Å². The van der Waals surface area contributed by atoms with E-state index in [2.05, 4.69) is 24.1 Å². The Morgan fingerprint density at radius 1 is 0.745 bits per heavy atom. The van der Waals surface area contributed by atoms with Gasteiger partial charge in [0, 0.05) is 18.0 Å². The Bertz CT molecular complexity index is 974. The number of nitrogens with one attached hydrogen (secondary N) is 1. The molecule has 47 heavy (non-hydrogen) atoms. The van der Waals surface area contributed by atoms with E-state index in [4.69, 9.17) is 0 Å². The van der Waals surface area contributed by atoms with Gasteiger partial charge in [-0.2, -0.15) is 13.2 Å². The second kappa shape index (κ2) is 15.8. The van der Waals surface area contributed by atoms with Gasteiger partial charge in [-0.3, -0.25) is 5.32 Å². The SMILES string of the molecule is CC1CCC(C(O)NC2CCC(CCC3CCCC(N4CCCC4)CC3)C(C(F)(F)F)C2)CC1C1C2CCCCC2C(C)C1C(F)F. The number of halogens is 5. The van der Waals surface area contributed by atoms with Crippen LogP contribution >= 0.6 is 0 Å². The monoisotopic (exact) mass is 673 g/mol. The first-order chi connectivity index (χ1) is 22.5. The highest BCUT2D eigenvalue weighted by atomic mass is 19.4. The summed E-state index contributed by atoms with van der Waals surface area (Å²) in [5.74, 6) is -0.535. The van der Waals surface area contributed by atoms with Crippen molar-refractivity contribution in [2.75, 3.05) is 13.1 Å². The molecule has 14 atom stereocenters. The highest BCUT2D eigenvalue weighted by Gasteiger charge is 2.56. The summed E-state index contributed by atoms with van der Waals surface area (Å²) in [6, 6.07) is 0.325. The third-order valence-electron chi connectivity index (χ3n) is 15.1. The molecule has 5 saturated carbocycles. The first-order valence-corrected chi connectivity index (χ1v) is 20.0. The summed E-state index contributed by atoms with van der Waals surface area (Å²) in [4.78, 5) is 2.65. The zero-order chi connectivity index (χ0) is 33.3. The topological polar surface area (TPSA) is 35.5 Å². The summed E-state index contributed by atoms with van der Waals surface area (Å²) in [5.41, 5.74) is 0. The molecule has 0 aromatic heterocycles. The van der Waals surface area contributed by atoms with Crippen LogP contribution in [0.5, 0.6) is 0 Å². The second-order valence-electron chi connectivity index (χ2n) is 17.6. The van der Waals surface area contributed by atoms with Crippen molar-refractivity contribution >= 4 is 0 Å². The zero-order valence-corrected chi connectivity index (χ0v) is 29.3. The first kappa shape index (κ1) is 36.3. The lowest BCUT2D eigenvalue weighted by Gasteiger charge is -2.45. The number of nitrogens with zero attached hydrogens (tertiary/aromatic N) is 1. The summed E-state index contributed by atoms with van der Waals surface area (Å²) in [7, 11) is 0. The lowest BCUT2D eigenvalue weighted by atomic mass is 9.62. The summed E-state index contributed by atoms with van der Waals surface area (Å²) >= 11 is 0. The Labute approximate surface area is 282 Å². The Morgan fingerprint density at radius 3 is 2.21 bits per heavy atom. The quantitative estimate of drug-likeness (QED) is 0.145. The van der Waals surface area contributed by atoms with Gasteiger partial charge < -0.3 is 10.0 Å². The molecule has 0 aromatic carbocycles. The maximum Gasteiger partial charge on any atom is 0.392 e. The maximum absolute atomic E-state index is 14.6. The number of hydrogen-bond acceptors (Lipinski definition) is 3. The van der Waals surface area contributed by atoms with Crippen molar-refractivity contribution in [1.82, 2.24) is 10.2 Å². The van der Waals surface area contributed by atoms with Crippen LogP contribution in [-0.2, 0) is 0 Å². The molecule has 0 amide bonds. The molecule has 5 aliphatic carbocycles. The van der Waals surface area contributed by atoms with Gasteiger partial charge in [0.15, 0.2) is 0 Å². The fourth-order valence-electron chi connectivity index (χ4n) is 12.5. The van der Waals surface area contributed by atoms with E-state index in [0.717, 1.165) is 57.8 Å². The van der Waals surface area contributed by atoms with Crippen LogP contribution in [0.25, 0.3) is 0 Å². The summed E-state index contributed by atoms with van der Waals surface area (Å²) < 4.78 is 72.6. The molecule has 0 spiro atoms. The Hall–Kier alpha value is -0.470. The van der Waals surface area contributed by atoms with Gasteiger partial charge in [-0.1, -0.05) is 52.4 Å². The highest BCUT2D eigenvalue weighted by Crippen LogP contribution is 2.59. The van der Waals surface area contributed by atoms with Gasteiger partial charge in [0.2, 0.25) is 6.43 Å². The molecule has 6 aliphatic rings. The average molecular weight is 673 g/mol. The van der Waals surface area contributed by atoms with Gasteiger partial charge in [0.25, 0.3) is 0 Å². The van der Waals surface area contributed by atoms with E-state index in [1.54, 1.807) is 0 Å². The summed E-state index contributed by atoms with van der Waals surface area (Å²) in [5, 5.41) is 14.7. The molecule has 0 aromatic rings. The van der Waals surface area contributed by atoms with Crippen LogP contribution in [0, 0.1) is 65.1 Å². The molecule has 2 N–H and O–H groups in total. The van der Waals surface area contributed by atoms with Gasteiger partial charge >= 0.3 is 6.18 Å². The smallest absolute Gasteiger partial charge is 0.378 e. The van der Waals surface area contributed by atoms with E-state index in [-0.39, 0.29) is 42.1 Å². The number of aliphatic hydroxyl groups excluding tert-OH is 1. The summed E-state index contributed by atoms with van der Waals surface area (Å²) in [6.45, 7) is 6.69. The van der Waals surface area contributed by atoms with Crippen molar-refractivity contribution in [2.24, 2.45) is 65.1 Å². The largest absolute Gasteiger partial charge is 0.392 e. The normalized spacial score (nSPS) is 44.7. The van der Waals surface area contributed by atoms with Crippen molar-refractivity contribution < 1.29 is 27.1 Å². The number of hydrogen-bond donors (Lipinski definition) is 2. The minimum absolute atomic E-state index is 0.00934. The fourth-order valence-corrected chi connectivity index (χ4v) is 12.5. The Balaban J connectivity index is 1.03. The van der Waals surface area contributed by atoms with E-state index < -0.39 is 30.7 Å². The average Bonchev–Trinajstić information content (AvgIpc) is 3.60. The van der Waals surface area contributed by atoms with Crippen molar-refractivity contribution in [1.29, 1.82) is 0 Å². The standard InChI is InChI=1S/C39H65F5N2O/c1-24-12-15-28(22-33(24)36-32-11-4-3-10-31(32)25(2)35(36)37(40)41)38(47)45-29-18-17-27(34(23-29)39(42,43)44)16-13-26-8-7-9-30(19-14-26)46-20-5-6-21-46/h24-38,45,47H,3-23H2,1-2H3. The van der Waals surface area contributed by atoms with Crippen LogP contribution in [0.1, 0.15) is 136 Å². The molecule has 1 saturated heterocycles. The minimum Gasteiger partial charge on any atom is -0.378 e. The van der Waals surface area contributed by atoms with E-state index in [1.807, 2.05) is 0 Å². The number of rotatable bonds is 9.